The fourth-order valence-corrected chi connectivity index (χ4v) is 6.13. The molecule has 1 unspecified atom stereocenters. The first kappa shape index (κ1) is 28.2. The molecule has 1 aliphatic rings. The van der Waals surface area contributed by atoms with Crippen LogP contribution in [0.3, 0.4) is 0 Å². The van der Waals surface area contributed by atoms with Gasteiger partial charge in [0.05, 0.1) is 12.9 Å². The van der Waals surface area contributed by atoms with Gasteiger partial charge in [-0.25, -0.2) is 0 Å². The summed E-state index contributed by atoms with van der Waals surface area (Å²) in [6.07, 6.45) is 4.75. The molecule has 1 saturated carbocycles. The molecular formula is C31H35BrN2O3S. The fraction of sp³-hybridized carbons (Fsp3) is 0.355. The third-order valence-corrected chi connectivity index (χ3v) is 8.35. The normalized spacial score (nSPS) is 14.2. The van der Waals surface area contributed by atoms with E-state index in [-0.39, 0.29) is 17.9 Å². The SMILES string of the molecule is COc1ccc(CSCC(=O)N(Cc2cccc(Br)c2)C(Cc2ccccc2)C(=O)NC2CCCC2)cc1. The van der Waals surface area contributed by atoms with Gasteiger partial charge in [0.15, 0.2) is 0 Å². The minimum Gasteiger partial charge on any atom is -0.497 e. The molecule has 3 aromatic rings. The first-order chi connectivity index (χ1) is 18.5. The number of nitrogens with one attached hydrogen (secondary N) is 1. The largest absolute Gasteiger partial charge is 0.497 e. The Morgan fingerprint density at radius 1 is 0.974 bits per heavy atom. The number of ether oxygens (including phenoxy) is 1. The molecule has 3 aromatic carbocycles. The van der Waals surface area contributed by atoms with Crippen molar-refractivity contribution in [3.8, 4) is 5.75 Å². The van der Waals surface area contributed by atoms with Gasteiger partial charge in [0.2, 0.25) is 11.8 Å². The Hall–Kier alpha value is -2.77. The number of rotatable bonds is 12. The number of halogens is 1. The van der Waals surface area contributed by atoms with Crippen LogP contribution in [-0.2, 0) is 28.3 Å². The van der Waals surface area contributed by atoms with E-state index in [1.807, 2.05) is 78.9 Å². The van der Waals surface area contributed by atoms with Crippen LogP contribution in [-0.4, -0.2) is 41.7 Å². The predicted octanol–water partition coefficient (Wildman–Crippen LogP) is 6.39. The van der Waals surface area contributed by atoms with Gasteiger partial charge in [-0.2, -0.15) is 0 Å². The third-order valence-electron chi connectivity index (χ3n) is 6.87. The maximum atomic E-state index is 13.8. The standard InChI is InChI=1S/C31H35BrN2O3S/c1-37-28-16-14-24(15-17-28)21-38-22-30(35)34(20-25-10-7-11-26(32)18-25)29(19-23-8-3-2-4-9-23)31(36)33-27-12-5-6-13-27/h2-4,7-11,14-18,27,29H,5-6,12-13,19-22H2,1H3,(H,33,36). The number of hydrogen-bond donors (Lipinski definition) is 1. The summed E-state index contributed by atoms with van der Waals surface area (Å²) in [5.74, 6) is 1.71. The molecular weight excluding hydrogens is 560 g/mol. The van der Waals surface area contributed by atoms with Gasteiger partial charge < -0.3 is 15.0 Å². The Morgan fingerprint density at radius 3 is 2.37 bits per heavy atom. The maximum Gasteiger partial charge on any atom is 0.243 e. The quantitative estimate of drug-likeness (QED) is 0.264. The molecule has 2 amide bonds. The molecule has 0 saturated heterocycles. The molecule has 38 heavy (non-hydrogen) atoms. The van der Waals surface area contributed by atoms with Crippen molar-refractivity contribution in [2.75, 3.05) is 12.9 Å². The van der Waals surface area contributed by atoms with Crippen LogP contribution < -0.4 is 10.1 Å². The number of benzene rings is 3. The van der Waals surface area contributed by atoms with Crippen molar-refractivity contribution in [1.82, 2.24) is 10.2 Å². The zero-order chi connectivity index (χ0) is 26.7. The lowest BCUT2D eigenvalue weighted by Crippen LogP contribution is -2.52. The highest BCUT2D eigenvalue weighted by atomic mass is 79.9. The van der Waals surface area contributed by atoms with Crippen molar-refractivity contribution in [1.29, 1.82) is 0 Å². The van der Waals surface area contributed by atoms with Crippen LogP contribution in [0.4, 0.5) is 0 Å². The Kier molecular flexibility index (Phi) is 10.7. The number of carbonyl (C=O) groups excluding carboxylic acids is 2. The molecule has 5 nitrogen and oxygen atoms in total. The summed E-state index contributed by atoms with van der Waals surface area (Å²) in [7, 11) is 1.65. The van der Waals surface area contributed by atoms with Crippen molar-refractivity contribution in [2.45, 2.75) is 56.5 Å². The molecule has 1 fully saturated rings. The summed E-state index contributed by atoms with van der Waals surface area (Å²) < 4.78 is 6.19. The van der Waals surface area contributed by atoms with E-state index >= 15 is 0 Å². The van der Waals surface area contributed by atoms with E-state index in [0.717, 1.165) is 52.6 Å². The zero-order valence-corrected chi connectivity index (χ0v) is 24.2. The van der Waals surface area contributed by atoms with E-state index in [0.29, 0.717) is 24.5 Å². The van der Waals surface area contributed by atoms with E-state index < -0.39 is 6.04 Å². The Bertz CT molecular complexity index is 1180. The van der Waals surface area contributed by atoms with Crippen LogP contribution in [0.2, 0.25) is 0 Å². The van der Waals surface area contributed by atoms with Gasteiger partial charge in [-0.15, -0.1) is 11.8 Å². The minimum absolute atomic E-state index is 0.0361. The molecule has 4 rings (SSSR count). The van der Waals surface area contributed by atoms with Crippen molar-refractivity contribution >= 4 is 39.5 Å². The molecule has 0 spiro atoms. The number of nitrogens with zero attached hydrogens (tertiary/aromatic N) is 1. The van der Waals surface area contributed by atoms with Crippen molar-refractivity contribution in [3.05, 3.63) is 100 Å². The summed E-state index contributed by atoms with van der Waals surface area (Å²) in [6.45, 7) is 0.372. The number of methoxy groups -OCH3 is 1. The zero-order valence-electron chi connectivity index (χ0n) is 21.8. The first-order valence-corrected chi connectivity index (χ1v) is 15.1. The summed E-state index contributed by atoms with van der Waals surface area (Å²) >= 11 is 5.11. The maximum absolute atomic E-state index is 13.8. The van der Waals surface area contributed by atoms with Crippen molar-refractivity contribution < 1.29 is 14.3 Å². The second-order valence-electron chi connectivity index (χ2n) is 9.69. The van der Waals surface area contributed by atoms with Gasteiger partial charge in [-0.05, 0) is 53.8 Å². The number of amides is 2. The van der Waals surface area contributed by atoms with E-state index in [2.05, 4.69) is 21.2 Å². The van der Waals surface area contributed by atoms with E-state index in [4.69, 9.17) is 4.74 Å². The van der Waals surface area contributed by atoms with Crippen LogP contribution in [0.15, 0.2) is 83.3 Å². The van der Waals surface area contributed by atoms with Crippen LogP contribution in [0.25, 0.3) is 0 Å². The molecule has 200 valence electrons. The lowest BCUT2D eigenvalue weighted by molar-refractivity contribution is -0.139. The highest BCUT2D eigenvalue weighted by Gasteiger charge is 2.32. The van der Waals surface area contributed by atoms with Gasteiger partial charge in [0.25, 0.3) is 0 Å². The molecule has 1 N–H and O–H groups in total. The summed E-state index contributed by atoms with van der Waals surface area (Å²) in [4.78, 5) is 29.3. The first-order valence-electron chi connectivity index (χ1n) is 13.1. The van der Waals surface area contributed by atoms with Crippen LogP contribution in [0.5, 0.6) is 5.75 Å². The molecule has 0 aliphatic heterocycles. The molecule has 7 heteroatoms. The summed E-state index contributed by atoms with van der Waals surface area (Å²) in [5, 5.41) is 3.26. The van der Waals surface area contributed by atoms with Crippen molar-refractivity contribution in [2.24, 2.45) is 0 Å². The second kappa shape index (κ2) is 14.4. The van der Waals surface area contributed by atoms with Crippen LogP contribution in [0.1, 0.15) is 42.4 Å². The smallest absolute Gasteiger partial charge is 0.243 e. The van der Waals surface area contributed by atoms with Gasteiger partial charge in [0.1, 0.15) is 11.8 Å². The highest BCUT2D eigenvalue weighted by Crippen LogP contribution is 2.23. The third kappa shape index (κ3) is 8.37. The molecule has 1 aliphatic carbocycles. The molecule has 1 atom stereocenters. The molecule has 0 radical (unpaired) electrons. The predicted molar refractivity (Wildman–Crippen MR) is 158 cm³/mol. The summed E-state index contributed by atoms with van der Waals surface area (Å²) in [5.41, 5.74) is 3.15. The lowest BCUT2D eigenvalue weighted by Gasteiger charge is -2.32. The van der Waals surface area contributed by atoms with Crippen LogP contribution >= 0.6 is 27.7 Å². The topological polar surface area (TPSA) is 58.6 Å². The van der Waals surface area contributed by atoms with Crippen molar-refractivity contribution in [3.63, 3.8) is 0 Å². The highest BCUT2D eigenvalue weighted by molar-refractivity contribution is 9.10. The average Bonchev–Trinajstić information content (AvgIpc) is 3.44. The Balaban J connectivity index is 1.54. The van der Waals surface area contributed by atoms with E-state index in [1.54, 1.807) is 23.8 Å². The molecule has 0 bridgehead atoms. The molecule has 0 heterocycles. The second-order valence-corrected chi connectivity index (χ2v) is 11.6. The van der Waals surface area contributed by atoms with Gasteiger partial charge >= 0.3 is 0 Å². The van der Waals surface area contributed by atoms with E-state index in [1.165, 1.54) is 0 Å². The minimum atomic E-state index is -0.592. The number of carbonyl (C=O) groups is 2. The van der Waals surface area contributed by atoms with Crippen LogP contribution in [0, 0.1) is 0 Å². The van der Waals surface area contributed by atoms with Gasteiger partial charge in [0, 0.05) is 29.2 Å². The fourth-order valence-electron chi connectivity index (χ4n) is 4.81. The van der Waals surface area contributed by atoms with E-state index in [9.17, 15) is 9.59 Å². The summed E-state index contributed by atoms with van der Waals surface area (Å²) in [6, 6.07) is 25.4. The average molecular weight is 596 g/mol. The number of hydrogen-bond acceptors (Lipinski definition) is 4. The Labute approximate surface area is 238 Å². The monoisotopic (exact) mass is 594 g/mol. The van der Waals surface area contributed by atoms with Gasteiger partial charge in [-0.3, -0.25) is 9.59 Å². The lowest BCUT2D eigenvalue weighted by atomic mass is 10.0. The molecule has 0 aromatic heterocycles. The number of thioether (sulfide) groups is 1. The van der Waals surface area contributed by atoms with Gasteiger partial charge in [-0.1, -0.05) is 83.4 Å². The Morgan fingerprint density at radius 2 is 1.68 bits per heavy atom.